The molecule has 1 N–H and O–H groups in total. The topological polar surface area (TPSA) is 69.7 Å². The maximum atomic E-state index is 13.8. The molecule has 0 bridgehead atoms. The molecule has 6 rings (SSSR count). The second kappa shape index (κ2) is 8.95. The molecular formula is C29H24ClN3O3. The van der Waals surface area contributed by atoms with Gasteiger partial charge in [-0.1, -0.05) is 72.3 Å². The van der Waals surface area contributed by atoms with Gasteiger partial charge in [-0.05, 0) is 47.9 Å². The minimum absolute atomic E-state index is 0.207. The summed E-state index contributed by atoms with van der Waals surface area (Å²) in [5, 5.41) is 3.51. The van der Waals surface area contributed by atoms with Gasteiger partial charge in [-0.3, -0.25) is 19.3 Å². The molecule has 0 spiro atoms. The van der Waals surface area contributed by atoms with Crippen LogP contribution in [0, 0.1) is 11.8 Å². The standard InChI is InChI=1S/C29H24ClN3O3/c30-20-11-13-21(14-12-20)31-27(34)26-25-24(23-15-10-19-8-4-5-9-22(19)33(23)26)28(35)32(29(25)36)17-16-18-6-2-1-3-7-18/h1-15,23-26H,16-17H2,(H,31,34)/t23-,24-,25+,26-/m0/s1. The van der Waals surface area contributed by atoms with Crippen LogP contribution in [0.25, 0.3) is 6.08 Å². The molecule has 3 aliphatic rings. The monoisotopic (exact) mass is 497 g/mol. The van der Waals surface area contributed by atoms with Crippen LogP contribution in [0.3, 0.4) is 0 Å². The molecule has 3 aromatic rings. The third kappa shape index (κ3) is 3.69. The number of imide groups is 1. The van der Waals surface area contributed by atoms with Gasteiger partial charge in [0.1, 0.15) is 6.04 Å². The fourth-order valence-electron chi connectivity index (χ4n) is 5.73. The molecule has 4 atom stereocenters. The van der Waals surface area contributed by atoms with Gasteiger partial charge >= 0.3 is 0 Å². The molecule has 7 heteroatoms. The lowest BCUT2D eigenvalue weighted by atomic mass is 9.88. The van der Waals surface area contributed by atoms with Crippen molar-refractivity contribution in [2.45, 2.75) is 18.5 Å². The van der Waals surface area contributed by atoms with Crippen molar-refractivity contribution < 1.29 is 14.4 Å². The first-order chi connectivity index (χ1) is 17.5. The highest BCUT2D eigenvalue weighted by Crippen LogP contribution is 2.48. The smallest absolute Gasteiger partial charge is 0.247 e. The van der Waals surface area contributed by atoms with E-state index in [0.717, 1.165) is 16.8 Å². The minimum atomic E-state index is -0.819. The second-order valence-corrected chi connectivity index (χ2v) is 9.81. The summed E-state index contributed by atoms with van der Waals surface area (Å²) in [5.41, 5.74) is 3.45. The number of hydrogen-bond acceptors (Lipinski definition) is 4. The Morgan fingerprint density at radius 3 is 2.33 bits per heavy atom. The Morgan fingerprint density at radius 1 is 0.861 bits per heavy atom. The number of carbonyl (C=O) groups excluding carboxylic acids is 3. The van der Waals surface area contributed by atoms with Gasteiger partial charge in [-0.15, -0.1) is 0 Å². The van der Waals surface area contributed by atoms with Crippen molar-refractivity contribution in [1.29, 1.82) is 0 Å². The highest BCUT2D eigenvalue weighted by atomic mass is 35.5. The van der Waals surface area contributed by atoms with Crippen LogP contribution in [0.5, 0.6) is 0 Å². The van der Waals surface area contributed by atoms with Gasteiger partial charge in [0.15, 0.2) is 0 Å². The number of nitrogens with zero attached hydrogens (tertiary/aromatic N) is 2. The molecule has 180 valence electrons. The van der Waals surface area contributed by atoms with E-state index in [2.05, 4.69) is 5.32 Å². The minimum Gasteiger partial charge on any atom is -0.351 e. The first kappa shape index (κ1) is 22.6. The van der Waals surface area contributed by atoms with Gasteiger partial charge in [-0.25, -0.2) is 0 Å². The van der Waals surface area contributed by atoms with E-state index in [9.17, 15) is 14.4 Å². The van der Waals surface area contributed by atoms with Crippen LogP contribution < -0.4 is 10.2 Å². The summed E-state index contributed by atoms with van der Waals surface area (Å²) in [7, 11) is 0. The number of likely N-dealkylation sites (tertiary alicyclic amines) is 1. The van der Waals surface area contributed by atoms with E-state index in [1.165, 1.54) is 4.90 Å². The van der Waals surface area contributed by atoms with Crippen LogP contribution in [0.15, 0.2) is 84.9 Å². The molecule has 3 amide bonds. The van der Waals surface area contributed by atoms with Gasteiger partial charge in [0.25, 0.3) is 0 Å². The molecule has 0 saturated carbocycles. The summed E-state index contributed by atoms with van der Waals surface area (Å²) >= 11 is 6.00. The Labute approximate surface area is 214 Å². The quantitative estimate of drug-likeness (QED) is 0.530. The van der Waals surface area contributed by atoms with E-state index in [0.29, 0.717) is 23.7 Å². The Kier molecular flexibility index (Phi) is 5.61. The summed E-state index contributed by atoms with van der Waals surface area (Å²) in [6, 6.07) is 23.2. The van der Waals surface area contributed by atoms with Gasteiger partial charge in [0.05, 0.1) is 17.9 Å². The largest absolute Gasteiger partial charge is 0.351 e. The van der Waals surface area contributed by atoms with Gasteiger partial charge in [-0.2, -0.15) is 0 Å². The Balaban J connectivity index is 1.35. The van der Waals surface area contributed by atoms with Crippen molar-refractivity contribution >= 4 is 46.8 Å². The van der Waals surface area contributed by atoms with Gasteiger partial charge < -0.3 is 10.2 Å². The predicted octanol–water partition coefficient (Wildman–Crippen LogP) is 4.41. The molecule has 3 aromatic carbocycles. The fraction of sp³-hybridized carbons (Fsp3) is 0.207. The van der Waals surface area contributed by atoms with Crippen LogP contribution in [0.1, 0.15) is 11.1 Å². The van der Waals surface area contributed by atoms with E-state index >= 15 is 0 Å². The number of hydrogen-bond donors (Lipinski definition) is 1. The number of para-hydroxylation sites is 1. The number of benzene rings is 3. The number of rotatable bonds is 5. The number of anilines is 2. The average Bonchev–Trinajstić information content (AvgIpc) is 3.37. The van der Waals surface area contributed by atoms with Gasteiger partial charge in [0, 0.05) is 22.9 Å². The molecule has 3 heterocycles. The highest BCUT2D eigenvalue weighted by Gasteiger charge is 2.63. The lowest BCUT2D eigenvalue weighted by Gasteiger charge is -2.36. The van der Waals surface area contributed by atoms with Crippen LogP contribution in [0.2, 0.25) is 5.02 Å². The van der Waals surface area contributed by atoms with Crippen LogP contribution in [-0.4, -0.2) is 41.2 Å². The first-order valence-electron chi connectivity index (χ1n) is 12.0. The molecule has 0 aromatic heterocycles. The van der Waals surface area contributed by atoms with E-state index < -0.39 is 17.9 Å². The van der Waals surface area contributed by atoms with E-state index in [1.54, 1.807) is 24.3 Å². The average molecular weight is 498 g/mol. The Bertz CT molecular complexity index is 1370. The summed E-state index contributed by atoms with van der Waals surface area (Å²) < 4.78 is 0. The number of fused-ring (bicyclic) bond motifs is 5. The zero-order valence-corrected chi connectivity index (χ0v) is 20.1. The molecule has 0 unspecified atom stereocenters. The van der Waals surface area contributed by atoms with E-state index in [-0.39, 0.29) is 23.8 Å². The maximum absolute atomic E-state index is 13.8. The van der Waals surface area contributed by atoms with Crippen LogP contribution in [-0.2, 0) is 20.8 Å². The lowest BCUT2D eigenvalue weighted by Crippen LogP contribution is -2.50. The van der Waals surface area contributed by atoms with Crippen molar-refractivity contribution in [2.75, 3.05) is 16.8 Å². The zero-order valence-electron chi connectivity index (χ0n) is 19.4. The molecule has 6 nitrogen and oxygen atoms in total. The van der Waals surface area contributed by atoms with Crippen molar-refractivity contribution in [2.24, 2.45) is 11.8 Å². The van der Waals surface area contributed by atoms with Crippen LogP contribution >= 0.6 is 11.6 Å². The van der Waals surface area contributed by atoms with Crippen molar-refractivity contribution in [3.05, 3.63) is 101 Å². The van der Waals surface area contributed by atoms with Crippen molar-refractivity contribution in [3.8, 4) is 0 Å². The second-order valence-electron chi connectivity index (χ2n) is 9.37. The number of nitrogens with one attached hydrogen (secondary N) is 1. The van der Waals surface area contributed by atoms with E-state index in [1.807, 2.05) is 71.6 Å². The van der Waals surface area contributed by atoms with E-state index in [4.69, 9.17) is 11.6 Å². The molecule has 3 aliphatic heterocycles. The molecular weight excluding hydrogens is 474 g/mol. The fourth-order valence-corrected chi connectivity index (χ4v) is 5.86. The number of carbonyl (C=O) groups is 3. The maximum Gasteiger partial charge on any atom is 0.247 e. The van der Waals surface area contributed by atoms with Crippen molar-refractivity contribution in [3.63, 3.8) is 0 Å². The third-order valence-corrected chi connectivity index (χ3v) is 7.61. The summed E-state index contributed by atoms with van der Waals surface area (Å²) in [6.45, 7) is 0.299. The summed E-state index contributed by atoms with van der Waals surface area (Å²) in [5.74, 6) is -2.18. The van der Waals surface area contributed by atoms with Crippen molar-refractivity contribution in [1.82, 2.24) is 4.90 Å². The molecule has 0 aliphatic carbocycles. The SMILES string of the molecule is O=C(Nc1ccc(Cl)cc1)[C@@H]1[C@@H]2C(=O)N(CCc3ccccc3)C(=O)[C@H]2[C@@H]2C=Cc3ccccc3N12. The number of amides is 3. The molecule has 2 fully saturated rings. The van der Waals surface area contributed by atoms with Crippen LogP contribution in [0.4, 0.5) is 11.4 Å². The zero-order chi connectivity index (χ0) is 24.8. The lowest BCUT2D eigenvalue weighted by molar-refractivity contribution is -0.141. The predicted molar refractivity (Wildman–Crippen MR) is 139 cm³/mol. The highest BCUT2D eigenvalue weighted by molar-refractivity contribution is 6.30. The summed E-state index contributed by atoms with van der Waals surface area (Å²) in [6.07, 6.45) is 4.52. The molecule has 36 heavy (non-hydrogen) atoms. The number of halogens is 1. The van der Waals surface area contributed by atoms with Gasteiger partial charge in [0.2, 0.25) is 17.7 Å². The molecule has 2 saturated heterocycles. The Morgan fingerprint density at radius 2 is 1.56 bits per heavy atom. The Hall–Kier alpha value is -3.90. The normalized spacial score (nSPS) is 23.9. The molecule has 0 radical (unpaired) electrons. The third-order valence-electron chi connectivity index (χ3n) is 7.35. The summed E-state index contributed by atoms with van der Waals surface area (Å²) in [4.78, 5) is 44.5. The first-order valence-corrected chi connectivity index (χ1v) is 12.4.